The van der Waals surface area contributed by atoms with Gasteiger partial charge in [0, 0.05) is 12.6 Å². The number of nitrogens with two attached hydrogens (primary N) is 1. The van der Waals surface area contributed by atoms with Crippen LogP contribution in [-0.2, 0) is 4.79 Å². The number of nitrogens with zero attached hydrogens (tertiary/aromatic N) is 1. The van der Waals surface area contributed by atoms with E-state index in [1.54, 1.807) is 6.92 Å². The maximum atomic E-state index is 12.1. The van der Waals surface area contributed by atoms with Crippen molar-refractivity contribution in [1.29, 1.82) is 0 Å². The molecular formula is C11H20N2OS. The van der Waals surface area contributed by atoms with E-state index in [0.717, 1.165) is 19.4 Å². The van der Waals surface area contributed by atoms with Crippen LogP contribution in [0.3, 0.4) is 0 Å². The molecule has 1 rings (SSSR count). The summed E-state index contributed by atoms with van der Waals surface area (Å²) in [6.07, 6.45) is 4.72. The van der Waals surface area contributed by atoms with Crippen molar-refractivity contribution in [2.45, 2.75) is 45.6 Å². The smallest absolute Gasteiger partial charge is 0.232 e. The van der Waals surface area contributed by atoms with E-state index in [2.05, 4.69) is 0 Å². The molecular weight excluding hydrogens is 208 g/mol. The first-order chi connectivity index (χ1) is 7.07. The highest BCUT2D eigenvalue weighted by Crippen LogP contribution is 2.24. The Hall–Kier alpha value is -0.640. The molecule has 1 unspecified atom stereocenters. The third kappa shape index (κ3) is 2.91. The van der Waals surface area contributed by atoms with Gasteiger partial charge in [-0.25, -0.2) is 0 Å². The van der Waals surface area contributed by atoms with Gasteiger partial charge in [-0.15, -0.1) is 0 Å². The molecule has 1 aliphatic rings. The van der Waals surface area contributed by atoms with E-state index in [-0.39, 0.29) is 11.8 Å². The fourth-order valence-corrected chi connectivity index (χ4v) is 2.28. The Morgan fingerprint density at radius 1 is 1.53 bits per heavy atom. The summed E-state index contributed by atoms with van der Waals surface area (Å²) < 4.78 is 0. The van der Waals surface area contributed by atoms with Gasteiger partial charge in [0.1, 0.15) is 0 Å². The molecule has 1 aliphatic carbocycles. The summed E-state index contributed by atoms with van der Waals surface area (Å²) in [6, 6.07) is 0.416. The Labute approximate surface area is 97.0 Å². The molecule has 0 aromatic carbocycles. The minimum Gasteiger partial charge on any atom is -0.393 e. The molecule has 4 heteroatoms. The number of hydrogen-bond donors (Lipinski definition) is 1. The summed E-state index contributed by atoms with van der Waals surface area (Å²) in [5, 5.41) is 0. The van der Waals surface area contributed by atoms with Crippen LogP contribution in [0.1, 0.15) is 39.5 Å². The van der Waals surface area contributed by atoms with Crippen LogP contribution in [0, 0.1) is 5.92 Å². The SMILES string of the molecule is CCN(C(=O)C(C)C(N)=S)C1CCCC1. The number of rotatable bonds is 4. The van der Waals surface area contributed by atoms with Crippen molar-refractivity contribution < 1.29 is 4.79 Å². The van der Waals surface area contributed by atoms with Crippen LogP contribution in [0.5, 0.6) is 0 Å². The van der Waals surface area contributed by atoms with Gasteiger partial charge in [-0.05, 0) is 26.7 Å². The Kier molecular flexibility index (Phi) is 4.51. The predicted octanol–water partition coefficient (Wildman–Crippen LogP) is 1.70. The zero-order valence-electron chi connectivity index (χ0n) is 9.53. The van der Waals surface area contributed by atoms with Gasteiger partial charge in [-0.2, -0.15) is 0 Å². The fourth-order valence-electron chi connectivity index (χ4n) is 2.18. The van der Waals surface area contributed by atoms with Gasteiger partial charge < -0.3 is 10.6 Å². The number of carbonyl (C=O) groups is 1. The van der Waals surface area contributed by atoms with Crippen LogP contribution >= 0.6 is 12.2 Å². The molecule has 1 saturated carbocycles. The normalized spacial score (nSPS) is 18.8. The van der Waals surface area contributed by atoms with Gasteiger partial charge in [-0.3, -0.25) is 4.79 Å². The largest absolute Gasteiger partial charge is 0.393 e. The lowest BCUT2D eigenvalue weighted by molar-refractivity contribution is -0.134. The van der Waals surface area contributed by atoms with Crippen LogP contribution in [0.2, 0.25) is 0 Å². The highest BCUT2D eigenvalue weighted by molar-refractivity contribution is 7.80. The van der Waals surface area contributed by atoms with Crippen molar-refractivity contribution in [2.24, 2.45) is 11.7 Å². The molecule has 0 aromatic rings. The zero-order valence-corrected chi connectivity index (χ0v) is 10.3. The molecule has 1 amide bonds. The molecule has 0 saturated heterocycles. The van der Waals surface area contributed by atoms with Crippen molar-refractivity contribution in [3.05, 3.63) is 0 Å². The maximum Gasteiger partial charge on any atom is 0.232 e. The van der Waals surface area contributed by atoms with Crippen molar-refractivity contribution in [3.8, 4) is 0 Å². The Balaban J connectivity index is 2.64. The molecule has 2 N–H and O–H groups in total. The van der Waals surface area contributed by atoms with Crippen LogP contribution < -0.4 is 5.73 Å². The van der Waals surface area contributed by atoms with E-state index in [1.807, 2.05) is 11.8 Å². The Morgan fingerprint density at radius 2 is 2.07 bits per heavy atom. The number of hydrogen-bond acceptors (Lipinski definition) is 2. The van der Waals surface area contributed by atoms with Crippen LogP contribution in [0.25, 0.3) is 0 Å². The maximum absolute atomic E-state index is 12.1. The monoisotopic (exact) mass is 228 g/mol. The van der Waals surface area contributed by atoms with E-state index in [9.17, 15) is 4.79 Å². The molecule has 0 bridgehead atoms. The number of thiocarbonyl (C=S) groups is 1. The topological polar surface area (TPSA) is 46.3 Å². The summed E-state index contributed by atoms with van der Waals surface area (Å²) >= 11 is 4.87. The highest BCUT2D eigenvalue weighted by atomic mass is 32.1. The Morgan fingerprint density at radius 3 is 2.47 bits per heavy atom. The van der Waals surface area contributed by atoms with Crippen molar-refractivity contribution in [3.63, 3.8) is 0 Å². The molecule has 0 aromatic heterocycles. The molecule has 86 valence electrons. The van der Waals surface area contributed by atoms with Gasteiger partial charge in [0.15, 0.2) is 0 Å². The second-order valence-corrected chi connectivity index (χ2v) is 4.66. The molecule has 0 heterocycles. The second-order valence-electron chi connectivity index (χ2n) is 4.19. The van der Waals surface area contributed by atoms with E-state index in [0.29, 0.717) is 11.0 Å². The quantitative estimate of drug-likeness (QED) is 0.745. The lowest BCUT2D eigenvalue weighted by Crippen LogP contribution is -2.44. The highest BCUT2D eigenvalue weighted by Gasteiger charge is 2.29. The standard InChI is InChI=1S/C11H20N2OS/c1-3-13(9-6-4-5-7-9)11(14)8(2)10(12)15/h8-9H,3-7H2,1-2H3,(H2,12,15). The summed E-state index contributed by atoms with van der Waals surface area (Å²) in [4.78, 5) is 14.3. The summed E-state index contributed by atoms with van der Waals surface area (Å²) in [7, 11) is 0. The molecule has 0 aliphatic heterocycles. The predicted molar refractivity (Wildman–Crippen MR) is 65.6 cm³/mol. The first-order valence-electron chi connectivity index (χ1n) is 5.67. The van der Waals surface area contributed by atoms with Crippen molar-refractivity contribution >= 4 is 23.1 Å². The zero-order chi connectivity index (χ0) is 11.4. The minimum atomic E-state index is -0.319. The van der Waals surface area contributed by atoms with E-state index < -0.39 is 0 Å². The van der Waals surface area contributed by atoms with Crippen molar-refractivity contribution in [1.82, 2.24) is 4.90 Å². The lowest BCUT2D eigenvalue weighted by atomic mass is 10.1. The molecule has 0 spiro atoms. The number of amides is 1. The summed E-state index contributed by atoms with van der Waals surface area (Å²) in [6.45, 7) is 4.57. The first-order valence-corrected chi connectivity index (χ1v) is 6.08. The number of carbonyl (C=O) groups excluding carboxylic acids is 1. The van der Waals surface area contributed by atoms with E-state index in [1.165, 1.54) is 12.8 Å². The fraction of sp³-hybridized carbons (Fsp3) is 0.818. The average molecular weight is 228 g/mol. The first kappa shape index (κ1) is 12.4. The lowest BCUT2D eigenvalue weighted by Gasteiger charge is -2.29. The second kappa shape index (κ2) is 5.45. The summed E-state index contributed by atoms with van der Waals surface area (Å²) in [5.41, 5.74) is 5.51. The molecule has 15 heavy (non-hydrogen) atoms. The Bertz CT molecular complexity index is 249. The van der Waals surface area contributed by atoms with Crippen LogP contribution in [0.4, 0.5) is 0 Å². The van der Waals surface area contributed by atoms with Gasteiger partial charge in [-0.1, -0.05) is 25.1 Å². The van der Waals surface area contributed by atoms with E-state index in [4.69, 9.17) is 18.0 Å². The van der Waals surface area contributed by atoms with Crippen LogP contribution in [0.15, 0.2) is 0 Å². The van der Waals surface area contributed by atoms with E-state index >= 15 is 0 Å². The average Bonchev–Trinajstić information content (AvgIpc) is 2.70. The molecule has 1 fully saturated rings. The van der Waals surface area contributed by atoms with Gasteiger partial charge >= 0.3 is 0 Å². The van der Waals surface area contributed by atoms with Gasteiger partial charge in [0.2, 0.25) is 5.91 Å². The van der Waals surface area contributed by atoms with Crippen molar-refractivity contribution in [2.75, 3.05) is 6.54 Å². The molecule has 0 radical (unpaired) electrons. The summed E-state index contributed by atoms with van der Waals surface area (Å²) in [5.74, 6) is -0.225. The third-order valence-corrected chi connectivity index (χ3v) is 3.54. The van der Waals surface area contributed by atoms with Gasteiger partial charge in [0.25, 0.3) is 0 Å². The van der Waals surface area contributed by atoms with Crippen LogP contribution in [-0.4, -0.2) is 28.4 Å². The molecule has 1 atom stereocenters. The third-order valence-electron chi connectivity index (χ3n) is 3.19. The molecule has 3 nitrogen and oxygen atoms in total. The minimum absolute atomic E-state index is 0.0944. The van der Waals surface area contributed by atoms with Gasteiger partial charge in [0.05, 0.1) is 10.9 Å².